The fourth-order valence-electron chi connectivity index (χ4n) is 2.89. The van der Waals surface area contributed by atoms with Gasteiger partial charge in [0.2, 0.25) is 0 Å². The highest BCUT2D eigenvalue weighted by Crippen LogP contribution is 2.17. The molecule has 0 spiro atoms. The molecule has 0 aromatic heterocycles. The van der Waals surface area contributed by atoms with Crippen molar-refractivity contribution in [1.29, 1.82) is 0 Å². The Labute approximate surface area is 100 Å². The van der Waals surface area contributed by atoms with Gasteiger partial charge in [0.05, 0.1) is 0 Å². The Hall–Kier alpha value is -0.120. The zero-order chi connectivity index (χ0) is 11.2. The van der Waals surface area contributed by atoms with Crippen LogP contribution in [0.1, 0.15) is 45.4 Å². The average Bonchev–Trinajstić information content (AvgIpc) is 2.38. The molecule has 2 heterocycles. The van der Waals surface area contributed by atoms with Gasteiger partial charge < -0.3 is 5.32 Å². The van der Waals surface area contributed by atoms with E-state index in [1.165, 1.54) is 71.2 Å². The van der Waals surface area contributed by atoms with Gasteiger partial charge in [0, 0.05) is 32.2 Å². The van der Waals surface area contributed by atoms with Gasteiger partial charge in [-0.3, -0.25) is 0 Å². The Bertz CT molecular complexity index is 190. The Morgan fingerprint density at radius 2 is 1.75 bits per heavy atom. The lowest BCUT2D eigenvalue weighted by Gasteiger charge is -2.42. The highest BCUT2D eigenvalue weighted by Gasteiger charge is 2.24. The summed E-state index contributed by atoms with van der Waals surface area (Å²) < 4.78 is 0. The van der Waals surface area contributed by atoms with Crippen LogP contribution in [0.4, 0.5) is 0 Å². The number of hydrogen-bond acceptors (Lipinski definition) is 3. The highest BCUT2D eigenvalue weighted by molar-refractivity contribution is 4.78. The standard InChI is InChI=1S/C13H27N3/c1-2-8-14-13-7-6-11-16(12-13)15-9-4-3-5-10-15/h13-14H,2-12H2,1H3. The molecule has 0 aromatic rings. The average molecular weight is 225 g/mol. The summed E-state index contributed by atoms with van der Waals surface area (Å²) >= 11 is 0. The van der Waals surface area contributed by atoms with Crippen LogP contribution in [0.2, 0.25) is 0 Å². The third-order valence-corrected chi connectivity index (χ3v) is 3.82. The van der Waals surface area contributed by atoms with Crippen molar-refractivity contribution in [2.24, 2.45) is 0 Å². The van der Waals surface area contributed by atoms with Crippen LogP contribution >= 0.6 is 0 Å². The van der Waals surface area contributed by atoms with Gasteiger partial charge in [-0.05, 0) is 38.6 Å². The molecule has 2 fully saturated rings. The van der Waals surface area contributed by atoms with Gasteiger partial charge in [-0.2, -0.15) is 0 Å². The summed E-state index contributed by atoms with van der Waals surface area (Å²) in [4.78, 5) is 0. The Morgan fingerprint density at radius 1 is 1.00 bits per heavy atom. The van der Waals surface area contributed by atoms with Crippen molar-refractivity contribution in [3.63, 3.8) is 0 Å². The molecule has 0 radical (unpaired) electrons. The van der Waals surface area contributed by atoms with Gasteiger partial charge >= 0.3 is 0 Å². The molecule has 3 nitrogen and oxygen atoms in total. The molecule has 0 aromatic carbocycles. The maximum atomic E-state index is 3.67. The molecule has 1 unspecified atom stereocenters. The molecule has 2 saturated heterocycles. The van der Waals surface area contributed by atoms with Gasteiger partial charge in [-0.15, -0.1) is 0 Å². The Morgan fingerprint density at radius 3 is 2.50 bits per heavy atom. The molecular weight excluding hydrogens is 198 g/mol. The van der Waals surface area contributed by atoms with Crippen LogP contribution in [0.25, 0.3) is 0 Å². The van der Waals surface area contributed by atoms with Crippen LogP contribution < -0.4 is 5.32 Å². The van der Waals surface area contributed by atoms with Crippen LogP contribution in [0.3, 0.4) is 0 Å². The van der Waals surface area contributed by atoms with Crippen molar-refractivity contribution in [2.45, 2.75) is 51.5 Å². The molecular formula is C13H27N3. The molecule has 3 heteroatoms. The fraction of sp³-hybridized carbons (Fsp3) is 1.00. The van der Waals surface area contributed by atoms with Crippen molar-refractivity contribution in [3.05, 3.63) is 0 Å². The van der Waals surface area contributed by atoms with E-state index in [9.17, 15) is 0 Å². The molecule has 1 atom stereocenters. The SMILES string of the molecule is CCCNC1CCCN(N2CCCCC2)C1. The van der Waals surface area contributed by atoms with Gasteiger partial charge in [-0.25, -0.2) is 10.0 Å². The Balaban J connectivity index is 1.76. The summed E-state index contributed by atoms with van der Waals surface area (Å²) in [6.45, 7) is 8.53. The lowest BCUT2D eigenvalue weighted by Crippen LogP contribution is -2.54. The number of rotatable bonds is 4. The first-order valence-electron chi connectivity index (χ1n) is 7.13. The third-order valence-electron chi connectivity index (χ3n) is 3.82. The number of hydrogen-bond donors (Lipinski definition) is 1. The number of nitrogens with zero attached hydrogens (tertiary/aromatic N) is 2. The number of hydrazine groups is 1. The van der Waals surface area contributed by atoms with Crippen molar-refractivity contribution >= 4 is 0 Å². The molecule has 0 bridgehead atoms. The second-order valence-corrected chi connectivity index (χ2v) is 5.22. The van der Waals surface area contributed by atoms with E-state index in [4.69, 9.17) is 0 Å². The van der Waals surface area contributed by atoms with Crippen molar-refractivity contribution < 1.29 is 0 Å². The minimum absolute atomic E-state index is 0.732. The van der Waals surface area contributed by atoms with E-state index in [2.05, 4.69) is 22.3 Å². The first kappa shape index (κ1) is 12.3. The normalized spacial score (nSPS) is 29.4. The quantitative estimate of drug-likeness (QED) is 0.788. The van der Waals surface area contributed by atoms with E-state index in [-0.39, 0.29) is 0 Å². The predicted octanol–water partition coefficient (Wildman–Crippen LogP) is 1.85. The monoisotopic (exact) mass is 225 g/mol. The summed E-state index contributed by atoms with van der Waals surface area (Å²) in [6.07, 6.45) is 8.19. The van der Waals surface area contributed by atoms with Gasteiger partial charge in [0.25, 0.3) is 0 Å². The molecule has 2 aliphatic heterocycles. The topological polar surface area (TPSA) is 18.5 Å². The van der Waals surface area contributed by atoms with Crippen molar-refractivity contribution in [3.8, 4) is 0 Å². The lowest BCUT2D eigenvalue weighted by atomic mass is 10.1. The molecule has 0 aliphatic carbocycles. The molecule has 16 heavy (non-hydrogen) atoms. The zero-order valence-electron chi connectivity index (χ0n) is 10.7. The van der Waals surface area contributed by atoms with E-state index >= 15 is 0 Å². The van der Waals surface area contributed by atoms with Gasteiger partial charge in [-0.1, -0.05) is 13.3 Å². The molecule has 0 amide bonds. The first-order valence-corrected chi connectivity index (χ1v) is 7.13. The molecule has 0 saturated carbocycles. The second-order valence-electron chi connectivity index (χ2n) is 5.22. The largest absolute Gasteiger partial charge is 0.313 e. The number of nitrogens with one attached hydrogen (secondary N) is 1. The minimum Gasteiger partial charge on any atom is -0.313 e. The van der Waals surface area contributed by atoms with Crippen LogP contribution in [0, 0.1) is 0 Å². The summed E-state index contributed by atoms with van der Waals surface area (Å²) in [7, 11) is 0. The molecule has 2 rings (SSSR count). The Kier molecular flexibility index (Phi) is 5.07. The van der Waals surface area contributed by atoms with Gasteiger partial charge in [0.1, 0.15) is 0 Å². The van der Waals surface area contributed by atoms with Crippen LogP contribution in [0.15, 0.2) is 0 Å². The van der Waals surface area contributed by atoms with Crippen LogP contribution in [-0.4, -0.2) is 48.8 Å². The van der Waals surface area contributed by atoms with Crippen molar-refractivity contribution in [1.82, 2.24) is 15.3 Å². The van der Waals surface area contributed by atoms with E-state index in [1.807, 2.05) is 0 Å². The number of piperidine rings is 2. The van der Waals surface area contributed by atoms with Crippen LogP contribution in [-0.2, 0) is 0 Å². The third kappa shape index (κ3) is 3.44. The smallest absolute Gasteiger partial charge is 0.0287 e. The molecule has 94 valence electrons. The van der Waals surface area contributed by atoms with Crippen LogP contribution in [0.5, 0.6) is 0 Å². The fourth-order valence-corrected chi connectivity index (χ4v) is 2.89. The summed E-state index contributed by atoms with van der Waals surface area (Å²) in [5, 5.41) is 8.88. The second kappa shape index (κ2) is 6.58. The maximum Gasteiger partial charge on any atom is 0.0287 e. The minimum atomic E-state index is 0.732. The molecule has 2 aliphatic rings. The van der Waals surface area contributed by atoms with Crippen molar-refractivity contribution in [2.75, 3.05) is 32.7 Å². The predicted molar refractivity (Wildman–Crippen MR) is 68.3 cm³/mol. The van der Waals surface area contributed by atoms with E-state index < -0.39 is 0 Å². The highest BCUT2D eigenvalue weighted by atomic mass is 15.6. The van der Waals surface area contributed by atoms with Gasteiger partial charge in [0.15, 0.2) is 0 Å². The first-order chi connectivity index (χ1) is 7.90. The molecule has 1 N–H and O–H groups in total. The lowest BCUT2D eigenvalue weighted by molar-refractivity contribution is -0.0598. The summed E-state index contributed by atoms with van der Waals surface area (Å²) in [5.74, 6) is 0. The summed E-state index contributed by atoms with van der Waals surface area (Å²) in [5.41, 5.74) is 0. The van der Waals surface area contributed by atoms with E-state index in [1.54, 1.807) is 0 Å². The maximum absolute atomic E-state index is 3.67. The summed E-state index contributed by atoms with van der Waals surface area (Å²) in [6, 6.07) is 0.732. The van der Waals surface area contributed by atoms with E-state index in [0.717, 1.165) is 6.04 Å². The zero-order valence-corrected chi connectivity index (χ0v) is 10.7. The van der Waals surface area contributed by atoms with E-state index in [0.29, 0.717) is 0 Å².